The Bertz CT molecular complexity index is 395. The molecule has 4 heteroatoms. The third-order valence-corrected chi connectivity index (χ3v) is 4.41. The maximum atomic E-state index is 13.5. The van der Waals surface area contributed by atoms with Crippen molar-refractivity contribution in [2.45, 2.75) is 19.4 Å². The van der Waals surface area contributed by atoms with Gasteiger partial charge in [-0.1, -0.05) is 12.1 Å². The molecule has 0 saturated carbocycles. The molecule has 0 radical (unpaired) electrons. The van der Waals surface area contributed by atoms with E-state index in [0.717, 1.165) is 37.7 Å². The molecule has 1 aliphatic rings. The highest BCUT2D eigenvalue weighted by Gasteiger charge is 2.20. The maximum absolute atomic E-state index is 13.5. The van der Waals surface area contributed by atoms with Crippen LogP contribution in [0, 0.1) is 11.7 Å². The smallest absolute Gasteiger partial charge is 0.137 e. The predicted octanol–water partition coefficient (Wildman–Crippen LogP) is 3.02. The van der Waals surface area contributed by atoms with Gasteiger partial charge in [-0.15, -0.1) is 0 Å². The molecule has 2 rings (SSSR count). The molecule has 100 valence electrons. The first-order chi connectivity index (χ1) is 8.70. The van der Waals surface area contributed by atoms with Gasteiger partial charge in [-0.3, -0.25) is 4.90 Å². The fourth-order valence-corrected chi connectivity index (χ4v) is 3.05. The van der Waals surface area contributed by atoms with E-state index in [1.807, 2.05) is 13.1 Å². The summed E-state index contributed by atoms with van der Waals surface area (Å²) < 4.78 is 14.1. The fraction of sp³-hybridized carbons (Fsp3) is 0.571. The van der Waals surface area contributed by atoms with Crippen LogP contribution in [0.25, 0.3) is 0 Å². The Morgan fingerprint density at radius 2 is 2.33 bits per heavy atom. The normalized spacial score (nSPS) is 21.2. The molecule has 1 saturated heterocycles. The largest absolute Gasteiger partial charge is 0.319 e. The Labute approximate surface area is 117 Å². The average Bonchev–Trinajstić information content (AvgIpc) is 2.36. The minimum Gasteiger partial charge on any atom is -0.319 e. The van der Waals surface area contributed by atoms with Crippen LogP contribution >= 0.6 is 15.9 Å². The minimum absolute atomic E-state index is 0.170. The molecule has 1 unspecified atom stereocenters. The second-order valence-corrected chi connectivity index (χ2v) is 5.81. The predicted molar refractivity (Wildman–Crippen MR) is 76.0 cm³/mol. The van der Waals surface area contributed by atoms with Gasteiger partial charge >= 0.3 is 0 Å². The summed E-state index contributed by atoms with van der Waals surface area (Å²) in [6.07, 6.45) is 2.53. The zero-order valence-electron chi connectivity index (χ0n) is 10.8. The summed E-state index contributed by atoms with van der Waals surface area (Å²) in [4.78, 5) is 2.42. The van der Waals surface area contributed by atoms with Crippen LogP contribution in [-0.2, 0) is 6.54 Å². The number of halogens is 2. The second-order valence-electron chi connectivity index (χ2n) is 5.01. The lowest BCUT2D eigenvalue weighted by atomic mass is 9.97. The first-order valence-electron chi connectivity index (χ1n) is 6.50. The van der Waals surface area contributed by atoms with Crippen LogP contribution in [0.5, 0.6) is 0 Å². The molecule has 1 fully saturated rings. The highest BCUT2D eigenvalue weighted by atomic mass is 79.9. The third kappa shape index (κ3) is 3.53. The van der Waals surface area contributed by atoms with Gasteiger partial charge in [-0.2, -0.15) is 0 Å². The fourth-order valence-electron chi connectivity index (χ4n) is 2.66. The van der Waals surface area contributed by atoms with Crippen molar-refractivity contribution in [3.63, 3.8) is 0 Å². The zero-order chi connectivity index (χ0) is 13.0. The molecule has 1 N–H and O–H groups in total. The summed E-state index contributed by atoms with van der Waals surface area (Å²) in [5.41, 5.74) is 1.04. The van der Waals surface area contributed by atoms with Crippen LogP contribution in [0.3, 0.4) is 0 Å². The Morgan fingerprint density at radius 1 is 1.50 bits per heavy atom. The number of nitrogens with zero attached hydrogens (tertiary/aromatic N) is 1. The summed E-state index contributed by atoms with van der Waals surface area (Å²) >= 11 is 3.34. The Hall–Kier alpha value is -0.450. The maximum Gasteiger partial charge on any atom is 0.137 e. The van der Waals surface area contributed by atoms with Crippen LogP contribution in [0.15, 0.2) is 22.7 Å². The first kappa shape index (κ1) is 14.0. The average molecular weight is 315 g/mol. The standard InChI is InChI=1S/C14H20BrFN2/c1-17-8-11-4-3-7-18(9-11)10-12-5-2-6-13(16)14(12)15/h2,5-6,11,17H,3-4,7-10H2,1H3. The molecule has 1 heterocycles. The molecule has 18 heavy (non-hydrogen) atoms. The summed E-state index contributed by atoms with van der Waals surface area (Å²) in [5.74, 6) is 0.548. The van der Waals surface area contributed by atoms with Crippen molar-refractivity contribution in [1.82, 2.24) is 10.2 Å². The van der Waals surface area contributed by atoms with E-state index in [-0.39, 0.29) is 5.82 Å². The van der Waals surface area contributed by atoms with E-state index in [2.05, 4.69) is 26.1 Å². The highest BCUT2D eigenvalue weighted by molar-refractivity contribution is 9.10. The molecule has 0 aromatic heterocycles. The van der Waals surface area contributed by atoms with Crippen LogP contribution in [0.1, 0.15) is 18.4 Å². The lowest BCUT2D eigenvalue weighted by Crippen LogP contribution is -2.38. The lowest BCUT2D eigenvalue weighted by molar-refractivity contribution is 0.166. The molecule has 1 aromatic rings. The number of hydrogen-bond acceptors (Lipinski definition) is 2. The van der Waals surface area contributed by atoms with Crippen molar-refractivity contribution in [3.8, 4) is 0 Å². The summed E-state index contributed by atoms with van der Waals surface area (Å²) in [6, 6.07) is 5.27. The van der Waals surface area contributed by atoms with Crippen LogP contribution < -0.4 is 5.32 Å². The molecule has 0 aliphatic carbocycles. The van der Waals surface area contributed by atoms with Gasteiger partial charge in [0.2, 0.25) is 0 Å². The molecule has 0 spiro atoms. The van der Waals surface area contributed by atoms with E-state index in [1.165, 1.54) is 18.9 Å². The Balaban J connectivity index is 1.98. The quantitative estimate of drug-likeness (QED) is 0.919. The molecule has 2 nitrogen and oxygen atoms in total. The van der Waals surface area contributed by atoms with Crippen LogP contribution in [0.4, 0.5) is 4.39 Å². The van der Waals surface area contributed by atoms with Gasteiger partial charge in [-0.25, -0.2) is 4.39 Å². The van der Waals surface area contributed by atoms with Crippen molar-refractivity contribution >= 4 is 15.9 Å². The van der Waals surface area contributed by atoms with Crippen LogP contribution in [-0.4, -0.2) is 31.6 Å². The number of rotatable bonds is 4. The third-order valence-electron chi connectivity index (χ3n) is 3.52. The summed E-state index contributed by atoms with van der Waals surface area (Å²) in [7, 11) is 2.00. The summed E-state index contributed by atoms with van der Waals surface area (Å²) in [5, 5.41) is 3.25. The molecule has 1 aromatic carbocycles. The van der Waals surface area contributed by atoms with Gasteiger partial charge in [0.25, 0.3) is 0 Å². The Morgan fingerprint density at radius 3 is 3.11 bits per heavy atom. The molecule has 0 bridgehead atoms. The molecule has 1 aliphatic heterocycles. The second kappa shape index (κ2) is 6.64. The number of hydrogen-bond donors (Lipinski definition) is 1. The zero-order valence-corrected chi connectivity index (χ0v) is 12.3. The summed E-state index contributed by atoms with van der Waals surface area (Å²) in [6.45, 7) is 4.12. The van der Waals surface area contributed by atoms with Crippen molar-refractivity contribution in [1.29, 1.82) is 0 Å². The number of benzene rings is 1. The molecular formula is C14H20BrFN2. The van der Waals surface area contributed by atoms with E-state index < -0.39 is 0 Å². The number of piperidine rings is 1. The van der Waals surface area contributed by atoms with Gasteiger partial charge in [0.15, 0.2) is 0 Å². The van der Waals surface area contributed by atoms with E-state index in [9.17, 15) is 4.39 Å². The van der Waals surface area contributed by atoms with Crippen molar-refractivity contribution in [2.24, 2.45) is 5.92 Å². The highest BCUT2D eigenvalue weighted by Crippen LogP contribution is 2.24. The van der Waals surface area contributed by atoms with E-state index in [4.69, 9.17) is 0 Å². The van der Waals surface area contributed by atoms with Gasteiger partial charge in [-0.05, 0) is 66.5 Å². The van der Waals surface area contributed by atoms with Gasteiger partial charge < -0.3 is 5.32 Å². The first-order valence-corrected chi connectivity index (χ1v) is 7.30. The van der Waals surface area contributed by atoms with Crippen LogP contribution in [0.2, 0.25) is 0 Å². The lowest BCUT2D eigenvalue weighted by Gasteiger charge is -2.32. The van der Waals surface area contributed by atoms with E-state index in [1.54, 1.807) is 6.07 Å². The Kier molecular flexibility index (Phi) is 5.15. The van der Waals surface area contributed by atoms with E-state index in [0.29, 0.717) is 4.47 Å². The van der Waals surface area contributed by atoms with Crippen molar-refractivity contribution in [3.05, 3.63) is 34.1 Å². The van der Waals surface area contributed by atoms with Gasteiger partial charge in [0.05, 0.1) is 4.47 Å². The molecular weight excluding hydrogens is 295 g/mol. The SMILES string of the molecule is CNCC1CCCN(Cc2cccc(F)c2Br)C1. The molecule has 0 amide bonds. The molecule has 1 atom stereocenters. The van der Waals surface area contributed by atoms with Gasteiger partial charge in [0, 0.05) is 13.1 Å². The topological polar surface area (TPSA) is 15.3 Å². The van der Waals surface area contributed by atoms with Gasteiger partial charge in [0.1, 0.15) is 5.82 Å². The number of likely N-dealkylation sites (tertiary alicyclic amines) is 1. The van der Waals surface area contributed by atoms with Crippen molar-refractivity contribution in [2.75, 3.05) is 26.7 Å². The monoisotopic (exact) mass is 314 g/mol. The van der Waals surface area contributed by atoms with Crippen molar-refractivity contribution < 1.29 is 4.39 Å². The minimum atomic E-state index is -0.170. The number of nitrogens with one attached hydrogen (secondary N) is 1. The van der Waals surface area contributed by atoms with E-state index >= 15 is 0 Å².